The average molecular weight is 252 g/mol. The number of nitriles is 1. The van der Waals surface area contributed by atoms with E-state index in [1.165, 1.54) is 6.42 Å². The zero-order valence-corrected chi connectivity index (χ0v) is 12.5. The normalized spacial score (nSPS) is 25.9. The number of likely N-dealkylation sites (tertiary alicyclic amines) is 1. The topological polar surface area (TPSA) is 42.3 Å². The molecule has 0 aromatic carbocycles. The van der Waals surface area contributed by atoms with E-state index in [1.807, 2.05) is 6.92 Å². The van der Waals surface area contributed by atoms with Crippen LogP contribution in [0.3, 0.4) is 0 Å². The van der Waals surface area contributed by atoms with Gasteiger partial charge < -0.3 is 4.90 Å². The second kappa shape index (κ2) is 6.51. The largest absolute Gasteiger partial charge is 0.305 e. The Morgan fingerprint density at radius 3 is 2.67 bits per heavy atom. The van der Waals surface area contributed by atoms with Crippen LogP contribution in [0.1, 0.15) is 33.6 Å². The Kier molecular flexibility index (Phi) is 5.58. The smallest absolute Gasteiger partial charge is 0.105 e. The minimum absolute atomic E-state index is 0.398. The zero-order valence-electron chi connectivity index (χ0n) is 12.5. The molecule has 1 fully saturated rings. The third-order valence-corrected chi connectivity index (χ3v) is 4.07. The lowest BCUT2D eigenvalue weighted by molar-refractivity contribution is 0.195. The van der Waals surface area contributed by atoms with Crippen LogP contribution in [0.4, 0.5) is 0 Å². The molecule has 3 atom stereocenters. The lowest BCUT2D eigenvalue weighted by Crippen LogP contribution is -2.47. The molecule has 3 unspecified atom stereocenters. The Labute approximate surface area is 112 Å². The molecule has 0 spiro atoms. The van der Waals surface area contributed by atoms with Crippen LogP contribution in [0.25, 0.3) is 0 Å². The lowest BCUT2D eigenvalue weighted by atomic mass is 9.94. The first-order chi connectivity index (χ1) is 8.41. The molecule has 0 aromatic rings. The van der Waals surface area contributed by atoms with Gasteiger partial charge in [0.2, 0.25) is 0 Å². The van der Waals surface area contributed by atoms with Gasteiger partial charge in [0.05, 0.1) is 6.07 Å². The zero-order chi connectivity index (χ0) is 13.8. The molecular formula is C14H28N4. The van der Waals surface area contributed by atoms with Crippen molar-refractivity contribution in [2.45, 2.75) is 51.2 Å². The molecule has 0 radical (unpaired) electrons. The summed E-state index contributed by atoms with van der Waals surface area (Å²) in [6.07, 6.45) is 2.12. The van der Waals surface area contributed by atoms with Crippen molar-refractivity contribution in [3.05, 3.63) is 0 Å². The monoisotopic (exact) mass is 252 g/mol. The highest BCUT2D eigenvalue weighted by Crippen LogP contribution is 2.21. The molecule has 4 heteroatoms. The van der Waals surface area contributed by atoms with Gasteiger partial charge in [0, 0.05) is 25.2 Å². The molecule has 0 amide bonds. The highest BCUT2D eigenvalue weighted by atomic mass is 15.2. The van der Waals surface area contributed by atoms with Crippen LogP contribution < -0.4 is 5.32 Å². The van der Waals surface area contributed by atoms with E-state index in [9.17, 15) is 5.26 Å². The molecule has 1 rings (SSSR count). The number of hydrogen-bond donors (Lipinski definition) is 1. The molecule has 18 heavy (non-hydrogen) atoms. The van der Waals surface area contributed by atoms with Crippen molar-refractivity contribution >= 4 is 0 Å². The fourth-order valence-electron chi connectivity index (χ4n) is 2.86. The number of likely N-dealkylation sites (N-methyl/N-ethyl adjacent to an activating group) is 1. The van der Waals surface area contributed by atoms with Crippen LogP contribution in [0.2, 0.25) is 0 Å². The first-order valence-corrected chi connectivity index (χ1v) is 6.98. The fourth-order valence-corrected chi connectivity index (χ4v) is 2.86. The van der Waals surface area contributed by atoms with Gasteiger partial charge in [0.1, 0.15) is 5.54 Å². The summed E-state index contributed by atoms with van der Waals surface area (Å²) in [7, 11) is 4.30. The summed E-state index contributed by atoms with van der Waals surface area (Å²) >= 11 is 0. The van der Waals surface area contributed by atoms with E-state index >= 15 is 0 Å². The maximum absolute atomic E-state index is 9.31. The molecule has 1 aliphatic rings. The first-order valence-electron chi connectivity index (χ1n) is 6.98. The number of nitrogens with zero attached hydrogens (tertiary/aromatic N) is 3. The Balaban J connectivity index is 2.51. The van der Waals surface area contributed by atoms with E-state index in [4.69, 9.17) is 0 Å². The van der Waals surface area contributed by atoms with Crippen molar-refractivity contribution in [3.8, 4) is 6.07 Å². The first kappa shape index (κ1) is 15.4. The Bertz CT molecular complexity index is 297. The van der Waals surface area contributed by atoms with Gasteiger partial charge in [0.15, 0.2) is 0 Å². The molecule has 104 valence electrons. The molecule has 0 aromatic heterocycles. The quantitative estimate of drug-likeness (QED) is 0.773. The van der Waals surface area contributed by atoms with Gasteiger partial charge in [-0.05, 0) is 47.3 Å². The number of hydrogen-bond acceptors (Lipinski definition) is 4. The predicted molar refractivity (Wildman–Crippen MR) is 75.4 cm³/mol. The molecule has 0 saturated carbocycles. The van der Waals surface area contributed by atoms with Gasteiger partial charge in [-0.1, -0.05) is 6.92 Å². The molecular weight excluding hydrogens is 224 g/mol. The SMILES string of the molecule is CCNC(C)(C#N)CC(C)N1CCC(N(C)C)C1. The second-order valence-corrected chi connectivity index (χ2v) is 5.93. The summed E-state index contributed by atoms with van der Waals surface area (Å²) < 4.78 is 0. The average Bonchev–Trinajstić information content (AvgIpc) is 2.78. The minimum Gasteiger partial charge on any atom is -0.305 e. The van der Waals surface area contributed by atoms with Crippen molar-refractivity contribution in [2.24, 2.45) is 0 Å². The van der Waals surface area contributed by atoms with Crippen molar-refractivity contribution in [1.29, 1.82) is 5.26 Å². The summed E-state index contributed by atoms with van der Waals surface area (Å²) in [6.45, 7) is 9.42. The minimum atomic E-state index is -0.398. The summed E-state index contributed by atoms with van der Waals surface area (Å²) in [5.74, 6) is 0. The van der Waals surface area contributed by atoms with Crippen LogP contribution in [0.15, 0.2) is 0 Å². The molecule has 1 aliphatic heterocycles. The van der Waals surface area contributed by atoms with Gasteiger partial charge >= 0.3 is 0 Å². The summed E-state index contributed by atoms with van der Waals surface area (Å²) in [6, 6.07) is 3.54. The van der Waals surface area contributed by atoms with Crippen LogP contribution in [0, 0.1) is 11.3 Å². The van der Waals surface area contributed by atoms with E-state index < -0.39 is 5.54 Å². The molecule has 4 nitrogen and oxygen atoms in total. The van der Waals surface area contributed by atoms with E-state index in [2.05, 4.69) is 49.1 Å². The predicted octanol–water partition coefficient (Wildman–Crippen LogP) is 1.29. The third-order valence-electron chi connectivity index (χ3n) is 4.07. The summed E-state index contributed by atoms with van der Waals surface area (Å²) in [5, 5.41) is 12.6. The van der Waals surface area contributed by atoms with Gasteiger partial charge in [-0.25, -0.2) is 0 Å². The van der Waals surface area contributed by atoms with Crippen LogP contribution >= 0.6 is 0 Å². The van der Waals surface area contributed by atoms with Gasteiger partial charge in [0.25, 0.3) is 0 Å². The van der Waals surface area contributed by atoms with Crippen molar-refractivity contribution in [3.63, 3.8) is 0 Å². The molecule has 1 N–H and O–H groups in total. The highest BCUT2D eigenvalue weighted by Gasteiger charge is 2.32. The van der Waals surface area contributed by atoms with Crippen LogP contribution in [-0.4, -0.2) is 61.2 Å². The maximum Gasteiger partial charge on any atom is 0.105 e. The molecule has 1 saturated heterocycles. The summed E-state index contributed by atoms with van der Waals surface area (Å²) in [5.41, 5.74) is -0.398. The molecule has 1 heterocycles. The maximum atomic E-state index is 9.31. The van der Waals surface area contributed by atoms with E-state index in [1.54, 1.807) is 0 Å². The highest BCUT2D eigenvalue weighted by molar-refractivity contribution is 5.05. The lowest BCUT2D eigenvalue weighted by Gasteiger charge is -2.32. The standard InChI is InChI=1S/C14H28N4/c1-6-16-14(3,11-15)9-12(2)18-8-7-13(10-18)17(4)5/h12-13,16H,6-10H2,1-5H3. The van der Waals surface area contributed by atoms with Gasteiger partial charge in [-0.3, -0.25) is 10.2 Å². The van der Waals surface area contributed by atoms with Crippen LogP contribution in [0.5, 0.6) is 0 Å². The van der Waals surface area contributed by atoms with Crippen molar-refractivity contribution in [1.82, 2.24) is 15.1 Å². The second-order valence-electron chi connectivity index (χ2n) is 5.93. The van der Waals surface area contributed by atoms with Crippen molar-refractivity contribution < 1.29 is 0 Å². The van der Waals surface area contributed by atoms with Gasteiger partial charge in [-0.2, -0.15) is 5.26 Å². The van der Waals surface area contributed by atoms with Crippen molar-refractivity contribution in [2.75, 3.05) is 33.7 Å². The fraction of sp³-hybridized carbons (Fsp3) is 0.929. The Morgan fingerprint density at radius 1 is 1.56 bits per heavy atom. The number of nitrogens with one attached hydrogen (secondary N) is 1. The van der Waals surface area contributed by atoms with E-state index in [0.29, 0.717) is 12.1 Å². The Morgan fingerprint density at radius 2 is 2.22 bits per heavy atom. The summed E-state index contributed by atoms with van der Waals surface area (Å²) in [4.78, 5) is 4.82. The van der Waals surface area contributed by atoms with Gasteiger partial charge in [-0.15, -0.1) is 0 Å². The number of rotatable bonds is 6. The molecule has 0 bridgehead atoms. The molecule has 0 aliphatic carbocycles. The van der Waals surface area contributed by atoms with E-state index in [-0.39, 0.29) is 0 Å². The third kappa shape index (κ3) is 3.94. The van der Waals surface area contributed by atoms with Crippen LogP contribution in [-0.2, 0) is 0 Å². The van der Waals surface area contributed by atoms with E-state index in [0.717, 1.165) is 26.1 Å². The Hall–Kier alpha value is -0.630.